The van der Waals surface area contributed by atoms with Crippen molar-refractivity contribution in [2.75, 3.05) is 13.2 Å². The Labute approximate surface area is 118 Å². The standard InChI is InChI=1S/C12H15N3O6/c16-3-1-2-13-10(17)14(4-8-6-20-8)12(19)15(11(13)18)5-9-7-21-9/h3,8-9H,1-2,4-7H2. The van der Waals surface area contributed by atoms with E-state index in [2.05, 4.69) is 0 Å². The molecule has 0 aromatic carbocycles. The molecule has 21 heavy (non-hydrogen) atoms. The first kappa shape index (κ1) is 14.0. The van der Waals surface area contributed by atoms with E-state index >= 15 is 0 Å². The number of ether oxygens (including phenoxy) is 2. The second kappa shape index (κ2) is 5.41. The molecular formula is C12H15N3O6. The number of nitrogens with zero attached hydrogens (tertiary/aromatic N) is 3. The molecule has 3 heterocycles. The minimum atomic E-state index is -0.699. The van der Waals surface area contributed by atoms with Crippen molar-refractivity contribution in [3.8, 4) is 0 Å². The third-order valence-corrected chi connectivity index (χ3v) is 3.43. The van der Waals surface area contributed by atoms with Gasteiger partial charge in [0.2, 0.25) is 0 Å². The van der Waals surface area contributed by atoms with Gasteiger partial charge in [0.1, 0.15) is 6.29 Å². The van der Waals surface area contributed by atoms with Gasteiger partial charge in [-0.2, -0.15) is 0 Å². The van der Waals surface area contributed by atoms with Crippen LogP contribution in [-0.2, 0) is 33.9 Å². The first-order chi connectivity index (χ1) is 10.1. The molecule has 9 nitrogen and oxygen atoms in total. The van der Waals surface area contributed by atoms with Crippen LogP contribution in [0.1, 0.15) is 6.42 Å². The van der Waals surface area contributed by atoms with Gasteiger partial charge in [0.25, 0.3) is 0 Å². The highest BCUT2D eigenvalue weighted by molar-refractivity contribution is 5.48. The molecule has 2 saturated heterocycles. The lowest BCUT2D eigenvalue weighted by Crippen LogP contribution is -2.55. The van der Waals surface area contributed by atoms with E-state index in [0.717, 1.165) is 13.7 Å². The zero-order chi connectivity index (χ0) is 15.0. The summed E-state index contributed by atoms with van der Waals surface area (Å²) in [6.07, 6.45) is 0.323. The SMILES string of the molecule is O=CCCn1c(=O)n(CC2CO2)c(=O)n(CC2CO2)c1=O. The highest BCUT2D eigenvalue weighted by Crippen LogP contribution is 2.10. The molecule has 0 N–H and O–H groups in total. The molecule has 2 aliphatic rings. The van der Waals surface area contributed by atoms with Gasteiger partial charge in [-0.25, -0.2) is 28.1 Å². The van der Waals surface area contributed by atoms with Crippen LogP contribution in [0.2, 0.25) is 0 Å². The normalized spacial score (nSPS) is 23.0. The zero-order valence-corrected chi connectivity index (χ0v) is 11.3. The maximum Gasteiger partial charge on any atom is 0.336 e. The van der Waals surface area contributed by atoms with Gasteiger partial charge in [-0.3, -0.25) is 0 Å². The molecule has 114 valence electrons. The molecule has 0 amide bonds. The fourth-order valence-electron chi connectivity index (χ4n) is 2.12. The Morgan fingerprint density at radius 3 is 1.71 bits per heavy atom. The summed E-state index contributed by atoms with van der Waals surface area (Å²) < 4.78 is 13.0. The van der Waals surface area contributed by atoms with Gasteiger partial charge in [0.15, 0.2) is 0 Å². The molecular weight excluding hydrogens is 282 g/mol. The van der Waals surface area contributed by atoms with E-state index in [0.29, 0.717) is 19.5 Å². The molecule has 0 saturated carbocycles. The summed E-state index contributed by atoms with van der Waals surface area (Å²) in [6.45, 7) is 1.17. The quantitative estimate of drug-likeness (QED) is 0.408. The Bertz CT molecular complexity index is 670. The number of rotatable bonds is 7. The van der Waals surface area contributed by atoms with Crippen molar-refractivity contribution in [2.24, 2.45) is 0 Å². The average molecular weight is 297 g/mol. The van der Waals surface area contributed by atoms with Crippen LogP contribution < -0.4 is 17.1 Å². The predicted molar refractivity (Wildman–Crippen MR) is 69.4 cm³/mol. The van der Waals surface area contributed by atoms with Gasteiger partial charge in [0.05, 0.1) is 38.5 Å². The van der Waals surface area contributed by atoms with Gasteiger partial charge in [-0.1, -0.05) is 0 Å². The van der Waals surface area contributed by atoms with Crippen LogP contribution in [0.25, 0.3) is 0 Å². The van der Waals surface area contributed by atoms with E-state index in [-0.39, 0.29) is 38.3 Å². The van der Waals surface area contributed by atoms with Crippen molar-refractivity contribution in [1.29, 1.82) is 0 Å². The fourth-order valence-corrected chi connectivity index (χ4v) is 2.12. The molecule has 9 heteroatoms. The van der Waals surface area contributed by atoms with Crippen LogP contribution in [0.4, 0.5) is 0 Å². The first-order valence-corrected chi connectivity index (χ1v) is 6.73. The third-order valence-electron chi connectivity index (χ3n) is 3.43. The van der Waals surface area contributed by atoms with Crippen LogP contribution in [0.5, 0.6) is 0 Å². The molecule has 2 unspecified atom stereocenters. The first-order valence-electron chi connectivity index (χ1n) is 6.73. The van der Waals surface area contributed by atoms with Crippen molar-refractivity contribution in [3.05, 3.63) is 31.5 Å². The van der Waals surface area contributed by atoms with Gasteiger partial charge in [-0.15, -0.1) is 0 Å². The van der Waals surface area contributed by atoms with Crippen LogP contribution in [-0.4, -0.2) is 45.4 Å². The predicted octanol–water partition coefficient (Wildman–Crippen LogP) is -2.44. The second-order valence-electron chi connectivity index (χ2n) is 5.09. The van der Waals surface area contributed by atoms with Gasteiger partial charge in [0, 0.05) is 13.0 Å². The molecule has 1 aromatic heterocycles. The van der Waals surface area contributed by atoms with E-state index < -0.39 is 17.1 Å². The number of epoxide rings is 2. The van der Waals surface area contributed by atoms with E-state index in [1.165, 1.54) is 0 Å². The van der Waals surface area contributed by atoms with Crippen molar-refractivity contribution in [2.45, 2.75) is 38.3 Å². The highest BCUT2D eigenvalue weighted by Gasteiger charge is 2.29. The number of carbonyl (C=O) groups is 1. The third kappa shape index (κ3) is 2.88. The molecule has 2 aliphatic heterocycles. The zero-order valence-electron chi connectivity index (χ0n) is 11.3. The molecule has 1 aromatic rings. The lowest BCUT2D eigenvalue weighted by Gasteiger charge is -2.12. The summed E-state index contributed by atoms with van der Waals surface area (Å²) in [4.78, 5) is 47.3. The van der Waals surface area contributed by atoms with Gasteiger partial charge < -0.3 is 14.3 Å². The van der Waals surface area contributed by atoms with Crippen LogP contribution in [0, 0.1) is 0 Å². The van der Waals surface area contributed by atoms with Crippen molar-refractivity contribution in [1.82, 2.24) is 13.7 Å². The molecule has 3 rings (SSSR count). The number of hydrogen-bond acceptors (Lipinski definition) is 6. The lowest BCUT2D eigenvalue weighted by atomic mass is 10.4. The van der Waals surface area contributed by atoms with E-state index in [1.807, 2.05) is 0 Å². The summed E-state index contributed by atoms with van der Waals surface area (Å²) in [5.74, 6) is 0. The molecule has 0 radical (unpaired) electrons. The molecule has 2 atom stereocenters. The monoisotopic (exact) mass is 297 g/mol. The summed E-state index contributed by atoms with van der Waals surface area (Å²) in [5, 5.41) is 0. The average Bonchev–Trinajstić information content (AvgIpc) is 3.35. The summed E-state index contributed by atoms with van der Waals surface area (Å²) in [7, 11) is 0. The van der Waals surface area contributed by atoms with Crippen molar-refractivity contribution in [3.63, 3.8) is 0 Å². The Morgan fingerprint density at radius 2 is 1.33 bits per heavy atom. The smallest absolute Gasteiger partial charge is 0.336 e. The fraction of sp³-hybridized carbons (Fsp3) is 0.667. The summed E-state index contributed by atoms with van der Waals surface area (Å²) >= 11 is 0. The topological polar surface area (TPSA) is 108 Å². The number of aromatic nitrogens is 3. The Kier molecular flexibility index (Phi) is 3.60. The van der Waals surface area contributed by atoms with E-state index in [4.69, 9.17) is 9.47 Å². The minimum absolute atomic E-state index is 0.0349. The Balaban J connectivity index is 2.08. The van der Waals surface area contributed by atoms with Crippen LogP contribution >= 0.6 is 0 Å². The highest BCUT2D eigenvalue weighted by atomic mass is 16.6. The maximum absolute atomic E-state index is 12.3. The number of carbonyl (C=O) groups excluding carboxylic acids is 1. The molecule has 2 fully saturated rings. The van der Waals surface area contributed by atoms with Crippen molar-refractivity contribution >= 4 is 6.29 Å². The maximum atomic E-state index is 12.3. The summed E-state index contributed by atoms with van der Waals surface area (Å²) in [6, 6.07) is 0. The lowest BCUT2D eigenvalue weighted by molar-refractivity contribution is -0.108. The van der Waals surface area contributed by atoms with Crippen molar-refractivity contribution < 1.29 is 14.3 Å². The van der Waals surface area contributed by atoms with Gasteiger partial charge >= 0.3 is 17.1 Å². The number of aldehydes is 1. The Hall–Kier alpha value is -2.00. The molecule has 0 aliphatic carbocycles. The van der Waals surface area contributed by atoms with E-state index in [1.54, 1.807) is 0 Å². The van der Waals surface area contributed by atoms with E-state index in [9.17, 15) is 19.2 Å². The molecule has 0 spiro atoms. The van der Waals surface area contributed by atoms with Gasteiger partial charge in [-0.05, 0) is 0 Å². The second-order valence-corrected chi connectivity index (χ2v) is 5.09. The van der Waals surface area contributed by atoms with Crippen LogP contribution in [0.15, 0.2) is 14.4 Å². The molecule has 0 bridgehead atoms. The minimum Gasteiger partial charge on any atom is -0.371 e. The summed E-state index contributed by atoms with van der Waals surface area (Å²) in [5.41, 5.74) is -2.05. The largest absolute Gasteiger partial charge is 0.371 e. The Morgan fingerprint density at radius 1 is 0.905 bits per heavy atom. The van der Waals surface area contributed by atoms with Crippen LogP contribution in [0.3, 0.4) is 0 Å². The number of hydrogen-bond donors (Lipinski definition) is 0.